The van der Waals surface area contributed by atoms with E-state index in [1.165, 1.54) is 25.7 Å². The van der Waals surface area contributed by atoms with Crippen LogP contribution in [0.15, 0.2) is 16.5 Å². The number of rotatable bonds is 7. The summed E-state index contributed by atoms with van der Waals surface area (Å²) >= 11 is 0. The largest absolute Gasteiger partial charge is 0.462 e. The van der Waals surface area contributed by atoms with Crippen molar-refractivity contribution in [1.29, 1.82) is 0 Å². The van der Waals surface area contributed by atoms with Gasteiger partial charge in [-0.3, -0.25) is 0 Å². The second-order valence-electron chi connectivity index (χ2n) is 5.57. The van der Waals surface area contributed by atoms with Gasteiger partial charge in [-0.05, 0) is 30.9 Å². The average molecular weight is 251 g/mol. The van der Waals surface area contributed by atoms with Gasteiger partial charge in [0.2, 0.25) is 0 Å². The lowest BCUT2D eigenvalue weighted by atomic mass is 10.1. The minimum absolute atomic E-state index is 0.483. The molecule has 0 spiro atoms. The van der Waals surface area contributed by atoms with Crippen molar-refractivity contribution in [3.63, 3.8) is 0 Å². The molecule has 0 atom stereocenters. The predicted molar refractivity (Wildman–Crippen MR) is 72.3 cm³/mol. The maximum Gasteiger partial charge on any atom is 0.129 e. The van der Waals surface area contributed by atoms with E-state index in [-0.39, 0.29) is 0 Å². The fraction of sp³-hybridized carbons (Fsp3) is 0.733. The Kier molecular flexibility index (Phi) is 5.26. The first-order valence-electron chi connectivity index (χ1n) is 7.13. The Bertz CT molecular complexity index is 340. The van der Waals surface area contributed by atoms with E-state index in [4.69, 9.17) is 9.15 Å². The van der Waals surface area contributed by atoms with E-state index in [1.807, 2.05) is 12.1 Å². The van der Waals surface area contributed by atoms with Crippen LogP contribution in [0, 0.1) is 5.92 Å². The van der Waals surface area contributed by atoms with Crippen LogP contribution in [0.25, 0.3) is 0 Å². The highest BCUT2D eigenvalue weighted by molar-refractivity contribution is 5.06. The van der Waals surface area contributed by atoms with Gasteiger partial charge in [-0.2, -0.15) is 0 Å². The molecule has 3 nitrogen and oxygen atoms in total. The monoisotopic (exact) mass is 251 g/mol. The van der Waals surface area contributed by atoms with Crippen molar-refractivity contribution in [3.8, 4) is 0 Å². The lowest BCUT2D eigenvalue weighted by Crippen LogP contribution is -2.21. The molecule has 1 aliphatic carbocycles. The van der Waals surface area contributed by atoms with Crippen molar-refractivity contribution in [1.82, 2.24) is 5.32 Å². The van der Waals surface area contributed by atoms with Crippen molar-refractivity contribution >= 4 is 0 Å². The summed E-state index contributed by atoms with van der Waals surface area (Å²) in [6.07, 6.45) is 5.42. The molecule has 0 unspecified atom stereocenters. The fourth-order valence-electron chi connectivity index (χ4n) is 2.40. The molecule has 0 amide bonds. The quantitative estimate of drug-likeness (QED) is 0.805. The van der Waals surface area contributed by atoms with Gasteiger partial charge in [0.1, 0.15) is 18.1 Å². The van der Waals surface area contributed by atoms with Crippen molar-refractivity contribution in [2.45, 2.75) is 58.7 Å². The SMILES string of the molecule is CC(C)NCc1ccc(COCC2CCCC2)o1. The number of hydrogen-bond acceptors (Lipinski definition) is 3. The molecule has 0 bridgehead atoms. The zero-order valence-electron chi connectivity index (χ0n) is 11.6. The summed E-state index contributed by atoms with van der Waals surface area (Å²) < 4.78 is 11.4. The molecule has 0 aliphatic heterocycles. The second-order valence-corrected chi connectivity index (χ2v) is 5.57. The third-order valence-electron chi connectivity index (χ3n) is 3.47. The van der Waals surface area contributed by atoms with Crippen molar-refractivity contribution in [2.24, 2.45) is 5.92 Å². The summed E-state index contributed by atoms with van der Waals surface area (Å²) in [6, 6.07) is 4.53. The molecule has 1 aliphatic rings. The Hall–Kier alpha value is -0.800. The molecule has 2 rings (SSSR count). The highest BCUT2D eigenvalue weighted by Crippen LogP contribution is 2.25. The molecule has 18 heavy (non-hydrogen) atoms. The van der Waals surface area contributed by atoms with Gasteiger partial charge in [-0.1, -0.05) is 26.7 Å². The van der Waals surface area contributed by atoms with E-state index in [9.17, 15) is 0 Å². The topological polar surface area (TPSA) is 34.4 Å². The van der Waals surface area contributed by atoms with Gasteiger partial charge in [0, 0.05) is 12.6 Å². The van der Waals surface area contributed by atoms with Gasteiger partial charge in [-0.15, -0.1) is 0 Å². The zero-order chi connectivity index (χ0) is 12.8. The lowest BCUT2D eigenvalue weighted by molar-refractivity contribution is 0.0763. The molecule has 1 fully saturated rings. The summed E-state index contributed by atoms with van der Waals surface area (Å²) in [5.41, 5.74) is 0. The maximum absolute atomic E-state index is 5.73. The van der Waals surface area contributed by atoms with Crippen LogP contribution in [0.4, 0.5) is 0 Å². The number of nitrogens with one attached hydrogen (secondary N) is 1. The summed E-state index contributed by atoms with van der Waals surface area (Å²) in [6.45, 7) is 6.56. The minimum atomic E-state index is 0.483. The first-order valence-corrected chi connectivity index (χ1v) is 7.13. The molecule has 1 saturated carbocycles. The van der Waals surface area contributed by atoms with Gasteiger partial charge in [0.25, 0.3) is 0 Å². The van der Waals surface area contributed by atoms with E-state index < -0.39 is 0 Å². The molecule has 1 aromatic heterocycles. The predicted octanol–water partition coefficient (Wildman–Crippen LogP) is 3.48. The highest BCUT2D eigenvalue weighted by atomic mass is 16.5. The molecule has 0 saturated heterocycles. The molecule has 0 radical (unpaired) electrons. The Morgan fingerprint density at radius 1 is 1.28 bits per heavy atom. The summed E-state index contributed by atoms with van der Waals surface area (Å²) in [5, 5.41) is 3.34. The summed E-state index contributed by atoms with van der Waals surface area (Å²) in [7, 11) is 0. The third kappa shape index (κ3) is 4.46. The molecular weight excluding hydrogens is 226 g/mol. The molecule has 1 heterocycles. The normalized spacial score (nSPS) is 16.8. The molecular formula is C15H25NO2. The van der Waals surface area contributed by atoms with Crippen LogP contribution in [0.5, 0.6) is 0 Å². The van der Waals surface area contributed by atoms with E-state index in [0.29, 0.717) is 12.6 Å². The Morgan fingerprint density at radius 3 is 2.72 bits per heavy atom. The van der Waals surface area contributed by atoms with Gasteiger partial charge < -0.3 is 14.5 Å². The van der Waals surface area contributed by atoms with Gasteiger partial charge in [-0.25, -0.2) is 0 Å². The first-order chi connectivity index (χ1) is 8.74. The van der Waals surface area contributed by atoms with Crippen LogP contribution in [0.2, 0.25) is 0 Å². The number of hydrogen-bond donors (Lipinski definition) is 1. The third-order valence-corrected chi connectivity index (χ3v) is 3.47. The van der Waals surface area contributed by atoms with Crippen molar-refractivity contribution in [2.75, 3.05) is 6.61 Å². The molecule has 3 heteroatoms. The number of ether oxygens (including phenoxy) is 1. The Labute approximate surface area is 110 Å². The van der Waals surface area contributed by atoms with E-state index >= 15 is 0 Å². The first kappa shape index (κ1) is 13.6. The molecule has 1 N–H and O–H groups in total. The smallest absolute Gasteiger partial charge is 0.129 e. The van der Waals surface area contributed by atoms with Crippen molar-refractivity contribution in [3.05, 3.63) is 23.7 Å². The molecule has 1 aromatic rings. The highest BCUT2D eigenvalue weighted by Gasteiger charge is 2.15. The zero-order valence-corrected chi connectivity index (χ0v) is 11.6. The Morgan fingerprint density at radius 2 is 2.00 bits per heavy atom. The second kappa shape index (κ2) is 6.95. The Balaban J connectivity index is 1.66. The number of furan rings is 1. The fourth-order valence-corrected chi connectivity index (χ4v) is 2.40. The van der Waals surface area contributed by atoms with Crippen LogP contribution in [-0.4, -0.2) is 12.6 Å². The van der Waals surface area contributed by atoms with E-state index in [1.54, 1.807) is 0 Å². The van der Waals surface area contributed by atoms with Gasteiger partial charge in [0.05, 0.1) is 6.54 Å². The van der Waals surface area contributed by atoms with Crippen LogP contribution >= 0.6 is 0 Å². The maximum atomic E-state index is 5.73. The molecule has 0 aromatic carbocycles. The standard InChI is InChI=1S/C15H25NO2/c1-12(2)16-9-14-7-8-15(18-14)11-17-10-13-5-3-4-6-13/h7-8,12-13,16H,3-6,9-11H2,1-2H3. The summed E-state index contributed by atoms with van der Waals surface area (Å²) in [4.78, 5) is 0. The summed E-state index contributed by atoms with van der Waals surface area (Å²) in [5.74, 6) is 2.71. The van der Waals surface area contributed by atoms with Crippen LogP contribution in [-0.2, 0) is 17.9 Å². The van der Waals surface area contributed by atoms with Gasteiger partial charge >= 0.3 is 0 Å². The van der Waals surface area contributed by atoms with Crippen LogP contribution < -0.4 is 5.32 Å². The average Bonchev–Trinajstić information content (AvgIpc) is 2.97. The van der Waals surface area contributed by atoms with Crippen molar-refractivity contribution < 1.29 is 9.15 Å². The van der Waals surface area contributed by atoms with Gasteiger partial charge in [0.15, 0.2) is 0 Å². The van der Waals surface area contributed by atoms with Crippen LogP contribution in [0.3, 0.4) is 0 Å². The van der Waals surface area contributed by atoms with E-state index in [0.717, 1.165) is 30.6 Å². The molecule has 102 valence electrons. The minimum Gasteiger partial charge on any atom is -0.462 e. The lowest BCUT2D eigenvalue weighted by Gasteiger charge is -2.08. The van der Waals surface area contributed by atoms with E-state index in [2.05, 4.69) is 19.2 Å². The van der Waals surface area contributed by atoms with Crippen LogP contribution in [0.1, 0.15) is 51.1 Å².